The van der Waals surface area contributed by atoms with Crippen molar-refractivity contribution in [1.29, 1.82) is 0 Å². The molecular weight excluding hydrogens is 550 g/mol. The molecule has 210 valence electrons. The number of halogens is 1. The molecule has 5 atom stereocenters. The van der Waals surface area contributed by atoms with E-state index in [1.165, 1.54) is 7.05 Å². The Kier molecular flexibility index (Phi) is 11.1. The minimum atomic E-state index is -1.48. The molecule has 1 fully saturated rings. The number of hydrogen-bond acceptors (Lipinski definition) is 14. The minimum absolute atomic E-state index is 0.217. The number of hydrogen-bond donors (Lipinski definition) is 1. The van der Waals surface area contributed by atoms with Crippen molar-refractivity contribution in [2.75, 3.05) is 24.1 Å². The third kappa shape index (κ3) is 7.68. The summed E-state index contributed by atoms with van der Waals surface area (Å²) in [4.78, 5) is 77.3. The maximum absolute atomic E-state index is 13.0. The zero-order chi connectivity index (χ0) is 28.7. The number of nitrogens with one attached hydrogen (secondary N) is 1. The quantitative estimate of drug-likeness (QED) is 0.101. The van der Waals surface area contributed by atoms with Crippen LogP contribution in [0.4, 0.5) is 5.82 Å². The van der Waals surface area contributed by atoms with Crippen molar-refractivity contribution in [2.45, 2.75) is 63.5 Å². The number of esters is 4. The van der Waals surface area contributed by atoms with E-state index in [4.69, 9.17) is 35.3 Å². The summed E-state index contributed by atoms with van der Waals surface area (Å²) in [5.41, 5.74) is -1.10. The highest BCUT2D eigenvalue weighted by Gasteiger charge is 2.52. The zero-order valence-corrected chi connectivity index (χ0v) is 23.0. The standard InChI is InChI=1S/C22H28ClN3O11S/c1-9(27)33-8-14-16(34-10(2)28)17(35-11(3)29)18(36-12(4)30)20(37-14)24-19-15(13(31)7-23)21(32)26(5)22(25-19)38-6/h14,16-18,20,24H,7-8H2,1-6H3/t14-,16+,17+,18+,20-/m1/s1. The number of anilines is 1. The number of carbonyl (C=O) groups is 5. The van der Waals surface area contributed by atoms with Crippen LogP contribution in [-0.4, -0.2) is 88.6 Å². The van der Waals surface area contributed by atoms with Gasteiger partial charge in [-0.15, -0.1) is 11.6 Å². The van der Waals surface area contributed by atoms with Crippen LogP contribution in [0.3, 0.4) is 0 Å². The van der Waals surface area contributed by atoms with E-state index in [0.29, 0.717) is 0 Å². The predicted octanol–water partition coefficient (Wildman–Crippen LogP) is 0.419. The second-order valence-electron chi connectivity index (χ2n) is 8.01. The molecule has 1 aromatic rings. The third-order valence-electron chi connectivity index (χ3n) is 5.10. The van der Waals surface area contributed by atoms with E-state index in [-0.39, 0.29) is 11.0 Å². The van der Waals surface area contributed by atoms with Gasteiger partial charge in [0.2, 0.25) is 0 Å². The summed E-state index contributed by atoms with van der Waals surface area (Å²) in [5, 5.41) is 2.99. The van der Waals surface area contributed by atoms with Crippen LogP contribution in [0.5, 0.6) is 0 Å². The van der Waals surface area contributed by atoms with E-state index in [1.807, 2.05) is 0 Å². The van der Waals surface area contributed by atoms with Gasteiger partial charge in [0.15, 0.2) is 35.5 Å². The molecule has 38 heavy (non-hydrogen) atoms. The Labute approximate surface area is 226 Å². The Hall–Kier alpha value is -3.17. The van der Waals surface area contributed by atoms with Crippen LogP contribution in [-0.2, 0) is 49.9 Å². The van der Waals surface area contributed by atoms with Gasteiger partial charge >= 0.3 is 23.9 Å². The van der Waals surface area contributed by atoms with Crippen molar-refractivity contribution in [1.82, 2.24) is 9.55 Å². The summed E-state index contributed by atoms with van der Waals surface area (Å²) in [6.07, 6.45) is -5.33. The molecule has 0 aromatic carbocycles. The molecule has 0 spiro atoms. The van der Waals surface area contributed by atoms with Crippen LogP contribution in [0.15, 0.2) is 9.95 Å². The zero-order valence-electron chi connectivity index (χ0n) is 21.5. The number of Topliss-reactive ketones (excluding diaryl/α,β-unsaturated/α-hetero) is 1. The highest BCUT2D eigenvalue weighted by Crippen LogP contribution is 2.30. The normalized spacial score (nSPS) is 22.7. The number of thioether (sulfide) groups is 1. The van der Waals surface area contributed by atoms with Gasteiger partial charge < -0.3 is 29.0 Å². The summed E-state index contributed by atoms with van der Waals surface area (Å²) >= 11 is 6.84. The molecule has 0 radical (unpaired) electrons. The Balaban J connectivity index is 2.69. The molecule has 0 unspecified atom stereocenters. The molecule has 0 saturated carbocycles. The topological polar surface area (TPSA) is 178 Å². The van der Waals surface area contributed by atoms with Gasteiger partial charge in [-0.25, -0.2) is 4.98 Å². The van der Waals surface area contributed by atoms with Crippen LogP contribution < -0.4 is 10.9 Å². The van der Waals surface area contributed by atoms with E-state index in [9.17, 15) is 28.8 Å². The third-order valence-corrected chi connectivity index (χ3v) is 6.08. The van der Waals surface area contributed by atoms with Gasteiger partial charge in [-0.3, -0.25) is 33.3 Å². The van der Waals surface area contributed by atoms with Gasteiger partial charge in [-0.1, -0.05) is 11.8 Å². The fourth-order valence-corrected chi connectivity index (χ4v) is 4.34. The molecule has 1 aromatic heterocycles. The van der Waals surface area contributed by atoms with Crippen molar-refractivity contribution in [3.63, 3.8) is 0 Å². The Morgan fingerprint density at radius 1 is 0.974 bits per heavy atom. The lowest BCUT2D eigenvalue weighted by atomic mass is 9.97. The predicted molar refractivity (Wildman–Crippen MR) is 132 cm³/mol. The Bertz CT molecular complexity index is 1160. The molecule has 0 bridgehead atoms. The highest BCUT2D eigenvalue weighted by molar-refractivity contribution is 7.98. The van der Waals surface area contributed by atoms with E-state index < -0.39 is 83.9 Å². The molecular formula is C22H28ClN3O11S. The molecule has 2 rings (SSSR count). The first-order valence-corrected chi connectivity index (χ1v) is 12.9. The number of rotatable bonds is 10. The average molecular weight is 578 g/mol. The number of carbonyl (C=O) groups excluding carboxylic acids is 5. The van der Waals surface area contributed by atoms with Crippen LogP contribution in [0.1, 0.15) is 38.1 Å². The largest absolute Gasteiger partial charge is 0.463 e. The molecule has 16 heteroatoms. The first kappa shape index (κ1) is 31.1. The minimum Gasteiger partial charge on any atom is -0.463 e. The first-order valence-electron chi connectivity index (χ1n) is 11.1. The fraction of sp³-hybridized carbons (Fsp3) is 0.591. The number of ketones is 1. The highest BCUT2D eigenvalue weighted by atomic mass is 35.5. The molecule has 1 saturated heterocycles. The summed E-state index contributed by atoms with van der Waals surface area (Å²) in [7, 11) is 1.42. The lowest BCUT2D eigenvalue weighted by Crippen LogP contribution is -2.64. The van der Waals surface area contributed by atoms with Crippen molar-refractivity contribution in [3.05, 3.63) is 15.9 Å². The Morgan fingerprint density at radius 3 is 2.03 bits per heavy atom. The van der Waals surface area contributed by atoms with Crippen LogP contribution in [0.25, 0.3) is 0 Å². The average Bonchev–Trinajstić information content (AvgIpc) is 2.82. The maximum Gasteiger partial charge on any atom is 0.303 e. The van der Waals surface area contributed by atoms with Gasteiger partial charge in [0.1, 0.15) is 24.1 Å². The molecule has 0 aliphatic carbocycles. The Morgan fingerprint density at radius 2 is 1.53 bits per heavy atom. The maximum atomic E-state index is 13.0. The van der Waals surface area contributed by atoms with Crippen molar-refractivity contribution >= 4 is 58.8 Å². The monoisotopic (exact) mass is 577 g/mol. The van der Waals surface area contributed by atoms with Gasteiger partial charge in [-0.2, -0.15) is 0 Å². The lowest BCUT2D eigenvalue weighted by Gasteiger charge is -2.44. The van der Waals surface area contributed by atoms with Crippen LogP contribution >= 0.6 is 23.4 Å². The summed E-state index contributed by atoms with van der Waals surface area (Å²) in [6, 6.07) is 0. The van der Waals surface area contributed by atoms with E-state index in [0.717, 1.165) is 44.0 Å². The van der Waals surface area contributed by atoms with Crippen LogP contribution in [0.2, 0.25) is 0 Å². The first-order chi connectivity index (χ1) is 17.8. The second kappa shape index (κ2) is 13.6. The second-order valence-corrected chi connectivity index (χ2v) is 9.05. The van der Waals surface area contributed by atoms with Gasteiger partial charge in [-0.05, 0) is 6.26 Å². The molecule has 0 amide bonds. The van der Waals surface area contributed by atoms with Crippen molar-refractivity contribution < 1.29 is 47.7 Å². The summed E-state index contributed by atoms with van der Waals surface area (Å²) in [5.74, 6) is -4.64. The fourth-order valence-electron chi connectivity index (χ4n) is 3.67. The van der Waals surface area contributed by atoms with E-state index in [2.05, 4.69) is 10.3 Å². The van der Waals surface area contributed by atoms with Crippen LogP contribution in [0, 0.1) is 0 Å². The lowest BCUT2D eigenvalue weighted by molar-refractivity contribution is -0.247. The van der Waals surface area contributed by atoms with Gasteiger partial charge in [0.25, 0.3) is 5.56 Å². The van der Waals surface area contributed by atoms with Crippen molar-refractivity contribution in [3.8, 4) is 0 Å². The smallest absolute Gasteiger partial charge is 0.303 e. The molecule has 2 heterocycles. The molecule has 1 aliphatic heterocycles. The van der Waals surface area contributed by atoms with Crippen molar-refractivity contribution in [2.24, 2.45) is 7.05 Å². The SMILES string of the molecule is CSc1nc(N[C@@H]2O[C@H](COC(C)=O)[C@H](OC(C)=O)[C@H](OC(C)=O)[C@@H]2OC(C)=O)c(C(=O)CCl)c(=O)n1C. The van der Waals surface area contributed by atoms with Gasteiger partial charge in [0, 0.05) is 34.7 Å². The molecule has 14 nitrogen and oxygen atoms in total. The van der Waals surface area contributed by atoms with Gasteiger partial charge in [0.05, 0.1) is 5.88 Å². The number of nitrogens with zero attached hydrogens (tertiary/aromatic N) is 2. The number of alkyl halides is 1. The summed E-state index contributed by atoms with van der Waals surface area (Å²) in [6.45, 7) is 3.94. The summed E-state index contributed by atoms with van der Waals surface area (Å²) < 4.78 is 28.2. The van der Waals surface area contributed by atoms with E-state index in [1.54, 1.807) is 6.26 Å². The van der Waals surface area contributed by atoms with E-state index >= 15 is 0 Å². The number of aromatic nitrogens is 2. The number of ether oxygens (including phenoxy) is 5. The molecule has 1 N–H and O–H groups in total. The molecule has 1 aliphatic rings.